The van der Waals surface area contributed by atoms with Crippen LogP contribution in [0.25, 0.3) is 0 Å². The van der Waals surface area contributed by atoms with Gasteiger partial charge in [0, 0.05) is 13.0 Å². The van der Waals surface area contributed by atoms with Crippen LogP contribution in [0.15, 0.2) is 12.4 Å². The predicted octanol–water partition coefficient (Wildman–Crippen LogP) is -0.210. The first-order chi connectivity index (χ1) is 8.49. The summed E-state index contributed by atoms with van der Waals surface area (Å²) in [5.74, 6) is -1.76. The number of hydrogen-bond donors (Lipinski definition) is 2. The summed E-state index contributed by atoms with van der Waals surface area (Å²) in [4.78, 5) is 31.6. The Morgan fingerprint density at radius 1 is 1.44 bits per heavy atom. The number of β-amino-alcohol motifs (C(OH)–C–C–N with tert-alkyl or cyclic N) is 1. The van der Waals surface area contributed by atoms with E-state index in [2.05, 4.69) is 9.97 Å². The van der Waals surface area contributed by atoms with E-state index in [1.54, 1.807) is 0 Å². The zero-order valence-corrected chi connectivity index (χ0v) is 9.91. The van der Waals surface area contributed by atoms with Gasteiger partial charge in [0.2, 0.25) is 0 Å². The second-order valence-corrected chi connectivity index (χ2v) is 4.32. The van der Waals surface area contributed by atoms with Crippen LogP contribution in [0.1, 0.15) is 16.9 Å². The van der Waals surface area contributed by atoms with Crippen LogP contribution in [-0.2, 0) is 4.79 Å². The van der Waals surface area contributed by atoms with Gasteiger partial charge in [0.15, 0.2) is 0 Å². The van der Waals surface area contributed by atoms with Gasteiger partial charge < -0.3 is 15.1 Å². The van der Waals surface area contributed by atoms with Crippen LogP contribution in [0.3, 0.4) is 0 Å². The van der Waals surface area contributed by atoms with Crippen LogP contribution in [0, 0.1) is 0 Å². The van der Waals surface area contributed by atoms with Gasteiger partial charge in [0.25, 0.3) is 5.91 Å². The molecular formula is C10H10ClN3O4. The predicted molar refractivity (Wildman–Crippen MR) is 60.1 cm³/mol. The molecule has 0 unspecified atom stereocenters. The Morgan fingerprint density at radius 2 is 2.17 bits per heavy atom. The lowest BCUT2D eigenvalue weighted by Crippen LogP contribution is -2.41. The highest BCUT2D eigenvalue weighted by atomic mass is 35.5. The van der Waals surface area contributed by atoms with Gasteiger partial charge in [-0.2, -0.15) is 0 Å². The molecule has 0 aliphatic carbocycles. The summed E-state index contributed by atoms with van der Waals surface area (Å²) in [6.45, 7) is -0.0377. The maximum Gasteiger partial charge on any atom is 0.326 e. The van der Waals surface area contributed by atoms with Crippen LogP contribution in [0.4, 0.5) is 0 Å². The number of amides is 1. The molecule has 1 amide bonds. The average Bonchev–Trinajstić information content (AvgIpc) is 2.70. The van der Waals surface area contributed by atoms with Crippen molar-refractivity contribution in [2.75, 3.05) is 6.54 Å². The number of rotatable bonds is 2. The minimum atomic E-state index is -1.16. The van der Waals surface area contributed by atoms with Gasteiger partial charge in [-0.3, -0.25) is 9.78 Å². The Kier molecular flexibility index (Phi) is 3.44. The van der Waals surface area contributed by atoms with Gasteiger partial charge >= 0.3 is 5.97 Å². The quantitative estimate of drug-likeness (QED) is 0.771. The van der Waals surface area contributed by atoms with E-state index in [-0.39, 0.29) is 23.8 Å². The van der Waals surface area contributed by atoms with Crippen LogP contribution in [0.5, 0.6) is 0 Å². The van der Waals surface area contributed by atoms with E-state index in [0.29, 0.717) is 0 Å². The molecule has 18 heavy (non-hydrogen) atoms. The highest BCUT2D eigenvalue weighted by Gasteiger charge is 2.39. The molecule has 0 aromatic carbocycles. The molecule has 2 heterocycles. The number of carbonyl (C=O) groups is 2. The lowest BCUT2D eigenvalue weighted by Gasteiger charge is -2.20. The third-order valence-corrected chi connectivity index (χ3v) is 2.83. The summed E-state index contributed by atoms with van der Waals surface area (Å²) < 4.78 is 0. The lowest BCUT2D eigenvalue weighted by molar-refractivity contribution is -0.141. The summed E-state index contributed by atoms with van der Waals surface area (Å²) in [7, 11) is 0. The van der Waals surface area contributed by atoms with Crippen LogP contribution < -0.4 is 0 Å². The van der Waals surface area contributed by atoms with Gasteiger partial charge in [-0.05, 0) is 0 Å². The standard InChI is InChI=1S/C10H10ClN3O4/c11-8-3-12-2-6(13-8)9(16)14-4-5(15)1-7(14)10(17)18/h2-3,5,7,15H,1,4H2,(H,17,18)/t5-,7-/m1/s1. The fourth-order valence-electron chi connectivity index (χ4n) is 1.86. The van der Waals surface area contributed by atoms with Crippen molar-refractivity contribution in [1.82, 2.24) is 14.9 Å². The molecule has 1 aromatic rings. The van der Waals surface area contributed by atoms with Gasteiger partial charge in [0.1, 0.15) is 16.9 Å². The Hall–Kier alpha value is -1.73. The maximum absolute atomic E-state index is 12.0. The second-order valence-electron chi connectivity index (χ2n) is 3.93. The highest BCUT2D eigenvalue weighted by molar-refractivity contribution is 6.29. The van der Waals surface area contributed by atoms with E-state index < -0.39 is 24.0 Å². The molecule has 0 saturated carbocycles. The zero-order chi connectivity index (χ0) is 13.3. The van der Waals surface area contributed by atoms with Crippen molar-refractivity contribution < 1.29 is 19.8 Å². The first-order valence-corrected chi connectivity index (χ1v) is 5.56. The smallest absolute Gasteiger partial charge is 0.326 e. The van der Waals surface area contributed by atoms with Gasteiger partial charge in [-0.1, -0.05) is 11.6 Å². The molecule has 0 radical (unpaired) electrons. The molecule has 2 rings (SSSR count). The summed E-state index contributed by atoms with van der Waals surface area (Å²) in [6.07, 6.45) is 1.64. The Morgan fingerprint density at radius 3 is 2.78 bits per heavy atom. The molecule has 0 spiro atoms. The number of aliphatic carboxylic acids is 1. The van der Waals surface area contributed by atoms with E-state index in [1.165, 1.54) is 12.4 Å². The van der Waals surface area contributed by atoms with Crippen LogP contribution in [0.2, 0.25) is 5.15 Å². The van der Waals surface area contributed by atoms with Crippen molar-refractivity contribution in [2.24, 2.45) is 0 Å². The fraction of sp³-hybridized carbons (Fsp3) is 0.400. The highest BCUT2D eigenvalue weighted by Crippen LogP contribution is 2.20. The largest absolute Gasteiger partial charge is 0.480 e. The Balaban J connectivity index is 2.25. The third kappa shape index (κ3) is 2.41. The topological polar surface area (TPSA) is 104 Å². The monoisotopic (exact) mass is 271 g/mol. The molecule has 2 N–H and O–H groups in total. The summed E-state index contributed by atoms with van der Waals surface area (Å²) in [5.41, 5.74) is -0.0390. The zero-order valence-electron chi connectivity index (χ0n) is 9.15. The van der Waals surface area contributed by atoms with Crippen molar-refractivity contribution in [3.63, 3.8) is 0 Å². The molecule has 8 heteroatoms. The van der Waals surface area contributed by atoms with E-state index in [9.17, 15) is 14.7 Å². The van der Waals surface area contributed by atoms with Gasteiger partial charge in [-0.25, -0.2) is 9.78 Å². The van der Waals surface area contributed by atoms with Gasteiger partial charge in [0.05, 0.1) is 18.5 Å². The maximum atomic E-state index is 12.0. The third-order valence-electron chi connectivity index (χ3n) is 2.65. The number of hydrogen-bond acceptors (Lipinski definition) is 5. The molecule has 7 nitrogen and oxygen atoms in total. The SMILES string of the molecule is O=C(O)[C@H]1C[C@@H](O)CN1C(=O)c1cncc(Cl)n1. The van der Waals surface area contributed by atoms with Crippen LogP contribution in [-0.4, -0.2) is 55.6 Å². The van der Waals surface area contributed by atoms with E-state index in [0.717, 1.165) is 4.90 Å². The summed E-state index contributed by atoms with van der Waals surface area (Å²) >= 11 is 5.61. The van der Waals surface area contributed by atoms with Crippen molar-refractivity contribution >= 4 is 23.5 Å². The first kappa shape index (κ1) is 12.7. The number of aliphatic hydroxyl groups is 1. The van der Waals surface area contributed by atoms with Crippen molar-refractivity contribution in [3.05, 3.63) is 23.2 Å². The molecule has 1 aliphatic rings. The second kappa shape index (κ2) is 4.87. The molecule has 1 fully saturated rings. The minimum Gasteiger partial charge on any atom is -0.480 e. The van der Waals surface area contributed by atoms with E-state index in [1.807, 2.05) is 0 Å². The molecule has 1 aliphatic heterocycles. The van der Waals surface area contributed by atoms with Crippen molar-refractivity contribution in [1.29, 1.82) is 0 Å². The number of aliphatic hydroxyl groups excluding tert-OH is 1. The number of aromatic nitrogens is 2. The molecule has 1 aromatic heterocycles. The molecule has 2 atom stereocenters. The normalized spacial score (nSPS) is 23.1. The summed E-state index contributed by atoms with van der Waals surface area (Å²) in [5, 5.41) is 18.5. The average molecular weight is 272 g/mol. The molecule has 96 valence electrons. The van der Waals surface area contributed by atoms with E-state index >= 15 is 0 Å². The van der Waals surface area contributed by atoms with Crippen LogP contribution >= 0.6 is 11.6 Å². The van der Waals surface area contributed by atoms with E-state index in [4.69, 9.17) is 16.7 Å². The molecule has 0 bridgehead atoms. The number of nitrogens with zero attached hydrogens (tertiary/aromatic N) is 3. The fourth-order valence-corrected chi connectivity index (χ4v) is 2.01. The lowest BCUT2D eigenvalue weighted by atomic mass is 10.2. The number of halogens is 1. The number of carbonyl (C=O) groups excluding carboxylic acids is 1. The summed E-state index contributed by atoms with van der Waals surface area (Å²) in [6, 6.07) is -1.05. The molecular weight excluding hydrogens is 262 g/mol. The Labute approximate surface area is 107 Å². The first-order valence-electron chi connectivity index (χ1n) is 5.18. The van der Waals surface area contributed by atoms with Gasteiger partial charge in [-0.15, -0.1) is 0 Å². The number of likely N-dealkylation sites (tertiary alicyclic amines) is 1. The minimum absolute atomic E-state index is 0.00900. The number of carboxylic acid groups (broad SMARTS) is 1. The van der Waals surface area contributed by atoms with Crippen molar-refractivity contribution in [3.8, 4) is 0 Å². The number of carboxylic acids is 1. The molecule has 1 saturated heterocycles. The van der Waals surface area contributed by atoms with Crippen molar-refractivity contribution in [2.45, 2.75) is 18.6 Å². The Bertz CT molecular complexity index is 496.